The third kappa shape index (κ3) is 2.66. The van der Waals surface area contributed by atoms with Crippen LogP contribution in [0, 0.1) is 12.7 Å². The predicted molar refractivity (Wildman–Crippen MR) is 69.3 cm³/mol. The highest BCUT2D eigenvalue weighted by molar-refractivity contribution is 6.08. The maximum Gasteiger partial charge on any atom is 0.337 e. The number of aryl methyl sites for hydroxylation is 2. The molecule has 0 radical (unpaired) electrons. The number of amides is 1. The van der Waals surface area contributed by atoms with Gasteiger partial charge in [-0.05, 0) is 25.1 Å². The van der Waals surface area contributed by atoms with Gasteiger partial charge in [0.1, 0.15) is 5.82 Å². The summed E-state index contributed by atoms with van der Waals surface area (Å²) in [6, 6.07) is 3.09. The summed E-state index contributed by atoms with van der Waals surface area (Å²) in [5.74, 6) is -2.42. The number of rotatable bonds is 3. The van der Waals surface area contributed by atoms with Gasteiger partial charge in [-0.1, -0.05) is 0 Å². The monoisotopic (exact) mass is 277 g/mol. The Balaban J connectivity index is 2.34. The van der Waals surface area contributed by atoms with E-state index < -0.39 is 17.7 Å². The highest BCUT2D eigenvalue weighted by Crippen LogP contribution is 2.19. The molecule has 0 saturated carbocycles. The largest absolute Gasteiger partial charge is 0.478 e. The van der Waals surface area contributed by atoms with E-state index in [4.69, 9.17) is 5.11 Å². The Labute approximate surface area is 113 Å². The highest BCUT2D eigenvalue weighted by atomic mass is 19.1. The minimum absolute atomic E-state index is 0.0919. The molecular formula is C13H12FN3O3. The van der Waals surface area contributed by atoms with E-state index in [2.05, 4.69) is 10.4 Å². The number of hydrogen-bond acceptors (Lipinski definition) is 3. The fraction of sp³-hybridized carbons (Fsp3) is 0.154. The minimum atomic E-state index is -1.25. The Hall–Kier alpha value is -2.70. The van der Waals surface area contributed by atoms with Gasteiger partial charge in [0.15, 0.2) is 0 Å². The smallest absolute Gasteiger partial charge is 0.337 e. The van der Waals surface area contributed by atoms with Crippen molar-refractivity contribution in [1.82, 2.24) is 9.78 Å². The van der Waals surface area contributed by atoms with Crippen molar-refractivity contribution in [3.63, 3.8) is 0 Å². The fourth-order valence-electron chi connectivity index (χ4n) is 1.82. The van der Waals surface area contributed by atoms with Crippen LogP contribution in [0.5, 0.6) is 0 Å². The standard InChI is InChI=1S/C13H12FN3O3/c1-7-10(6-17(2)16-7)12(18)15-11-5-8(14)3-4-9(11)13(19)20/h3-6H,1-2H3,(H,15,18)(H,19,20). The van der Waals surface area contributed by atoms with Crippen LogP contribution in [0.4, 0.5) is 10.1 Å². The molecule has 0 aliphatic rings. The normalized spacial score (nSPS) is 10.3. The molecule has 2 aromatic rings. The lowest BCUT2D eigenvalue weighted by Gasteiger charge is -2.08. The van der Waals surface area contributed by atoms with Crippen molar-refractivity contribution in [1.29, 1.82) is 0 Å². The zero-order chi connectivity index (χ0) is 14.9. The number of carboxylic acid groups (broad SMARTS) is 1. The van der Waals surface area contributed by atoms with Gasteiger partial charge < -0.3 is 10.4 Å². The second-order valence-electron chi connectivity index (χ2n) is 4.25. The molecular weight excluding hydrogens is 265 g/mol. The summed E-state index contributed by atoms with van der Waals surface area (Å²) in [5, 5.41) is 15.4. The summed E-state index contributed by atoms with van der Waals surface area (Å²) in [7, 11) is 1.66. The van der Waals surface area contributed by atoms with Gasteiger partial charge in [-0.3, -0.25) is 9.48 Å². The number of benzene rings is 1. The van der Waals surface area contributed by atoms with E-state index in [9.17, 15) is 14.0 Å². The Bertz CT molecular complexity index is 694. The van der Waals surface area contributed by atoms with E-state index in [1.807, 2.05) is 0 Å². The summed E-state index contributed by atoms with van der Waals surface area (Å²) in [6.07, 6.45) is 1.50. The number of aromatic carboxylic acids is 1. The lowest BCUT2D eigenvalue weighted by Crippen LogP contribution is -2.15. The molecule has 0 atom stereocenters. The third-order valence-corrected chi connectivity index (χ3v) is 2.72. The number of carbonyl (C=O) groups excluding carboxylic acids is 1. The van der Waals surface area contributed by atoms with Gasteiger partial charge in [0, 0.05) is 13.2 Å². The number of hydrogen-bond donors (Lipinski definition) is 2. The molecule has 1 amide bonds. The molecule has 20 heavy (non-hydrogen) atoms. The molecule has 0 spiro atoms. The van der Waals surface area contributed by atoms with Gasteiger partial charge in [-0.2, -0.15) is 5.10 Å². The van der Waals surface area contributed by atoms with Crippen LogP contribution >= 0.6 is 0 Å². The molecule has 7 heteroatoms. The molecule has 0 aliphatic heterocycles. The zero-order valence-electron chi connectivity index (χ0n) is 10.8. The van der Waals surface area contributed by atoms with E-state index in [0.29, 0.717) is 11.3 Å². The second-order valence-corrected chi connectivity index (χ2v) is 4.25. The van der Waals surface area contributed by atoms with Crippen LogP contribution in [0.1, 0.15) is 26.4 Å². The van der Waals surface area contributed by atoms with Crippen LogP contribution in [0.2, 0.25) is 0 Å². The number of nitrogens with one attached hydrogen (secondary N) is 1. The third-order valence-electron chi connectivity index (χ3n) is 2.72. The molecule has 0 bridgehead atoms. The topological polar surface area (TPSA) is 84.2 Å². The van der Waals surface area contributed by atoms with Crippen LogP contribution in [-0.4, -0.2) is 26.8 Å². The number of aromatic nitrogens is 2. The molecule has 0 saturated heterocycles. The van der Waals surface area contributed by atoms with Gasteiger partial charge in [0.25, 0.3) is 5.91 Å². The molecule has 2 rings (SSSR count). The van der Waals surface area contributed by atoms with Crippen molar-refractivity contribution in [2.45, 2.75) is 6.92 Å². The number of carboxylic acids is 1. The molecule has 1 aromatic heterocycles. The lowest BCUT2D eigenvalue weighted by atomic mass is 10.1. The Morgan fingerprint density at radius 3 is 2.60 bits per heavy atom. The maximum atomic E-state index is 13.2. The average Bonchev–Trinajstić information content (AvgIpc) is 2.68. The molecule has 0 unspecified atom stereocenters. The van der Waals surface area contributed by atoms with Crippen molar-refractivity contribution in [3.05, 3.63) is 47.0 Å². The van der Waals surface area contributed by atoms with E-state index in [0.717, 1.165) is 18.2 Å². The first-order valence-electron chi connectivity index (χ1n) is 5.73. The summed E-state index contributed by atoms with van der Waals surface area (Å²) in [4.78, 5) is 23.1. The Kier molecular flexibility index (Phi) is 3.51. The van der Waals surface area contributed by atoms with E-state index in [-0.39, 0.29) is 11.3 Å². The van der Waals surface area contributed by atoms with Crippen molar-refractivity contribution in [3.8, 4) is 0 Å². The second kappa shape index (κ2) is 5.12. The van der Waals surface area contributed by atoms with Gasteiger partial charge >= 0.3 is 5.97 Å². The Morgan fingerprint density at radius 2 is 2.05 bits per heavy atom. The maximum absolute atomic E-state index is 13.2. The number of carbonyl (C=O) groups is 2. The molecule has 6 nitrogen and oxygen atoms in total. The van der Waals surface area contributed by atoms with Crippen LogP contribution in [-0.2, 0) is 7.05 Å². The molecule has 2 N–H and O–H groups in total. The highest BCUT2D eigenvalue weighted by Gasteiger charge is 2.17. The lowest BCUT2D eigenvalue weighted by molar-refractivity contribution is 0.0698. The van der Waals surface area contributed by atoms with Crippen molar-refractivity contribution in [2.24, 2.45) is 7.05 Å². The average molecular weight is 277 g/mol. The van der Waals surface area contributed by atoms with Crippen LogP contribution in [0.15, 0.2) is 24.4 Å². The quantitative estimate of drug-likeness (QED) is 0.896. The van der Waals surface area contributed by atoms with E-state index in [1.54, 1.807) is 14.0 Å². The number of anilines is 1. The first kappa shape index (κ1) is 13.7. The van der Waals surface area contributed by atoms with Crippen LogP contribution < -0.4 is 5.32 Å². The van der Waals surface area contributed by atoms with Crippen molar-refractivity contribution < 1.29 is 19.1 Å². The number of halogens is 1. The molecule has 104 valence electrons. The summed E-state index contributed by atoms with van der Waals surface area (Å²) < 4.78 is 14.7. The van der Waals surface area contributed by atoms with Crippen LogP contribution in [0.3, 0.4) is 0 Å². The van der Waals surface area contributed by atoms with Crippen LogP contribution in [0.25, 0.3) is 0 Å². The molecule has 0 aliphatic carbocycles. The van der Waals surface area contributed by atoms with Gasteiger partial charge in [0.2, 0.25) is 0 Å². The summed E-state index contributed by atoms with van der Waals surface area (Å²) in [6.45, 7) is 1.65. The summed E-state index contributed by atoms with van der Waals surface area (Å²) in [5.41, 5.74) is 0.526. The minimum Gasteiger partial charge on any atom is -0.478 e. The first-order chi connectivity index (χ1) is 9.38. The van der Waals surface area contributed by atoms with E-state index >= 15 is 0 Å². The SMILES string of the molecule is Cc1nn(C)cc1C(=O)Nc1cc(F)ccc1C(=O)O. The number of nitrogens with zero attached hydrogens (tertiary/aromatic N) is 2. The molecule has 0 fully saturated rings. The predicted octanol–water partition coefficient (Wildman–Crippen LogP) is 1.82. The Morgan fingerprint density at radius 1 is 1.35 bits per heavy atom. The first-order valence-corrected chi connectivity index (χ1v) is 5.73. The zero-order valence-corrected chi connectivity index (χ0v) is 10.8. The molecule has 1 heterocycles. The van der Waals surface area contributed by atoms with Gasteiger partial charge in [-0.15, -0.1) is 0 Å². The van der Waals surface area contributed by atoms with Gasteiger partial charge in [-0.25, -0.2) is 9.18 Å². The van der Waals surface area contributed by atoms with Crippen molar-refractivity contribution in [2.75, 3.05) is 5.32 Å². The van der Waals surface area contributed by atoms with Gasteiger partial charge in [0.05, 0.1) is 22.5 Å². The van der Waals surface area contributed by atoms with Crippen molar-refractivity contribution >= 4 is 17.6 Å². The summed E-state index contributed by atoms with van der Waals surface area (Å²) >= 11 is 0. The fourth-order valence-corrected chi connectivity index (χ4v) is 1.82. The van der Waals surface area contributed by atoms with E-state index in [1.165, 1.54) is 10.9 Å². The molecule has 1 aromatic carbocycles.